The quantitative estimate of drug-likeness (QED) is 0.572. The Hall–Kier alpha value is -2.92. The molecule has 1 unspecified atom stereocenters. The molecule has 3 N–H and O–H groups in total. The number of fused-ring (bicyclic) bond motifs is 1. The number of benzene rings is 2. The summed E-state index contributed by atoms with van der Waals surface area (Å²) < 4.78 is 0. The van der Waals surface area contributed by atoms with Crippen molar-refractivity contribution in [3.63, 3.8) is 0 Å². The number of amides is 2. The molecule has 140 valence electrons. The molecule has 0 aromatic heterocycles. The standard InChI is InChI=1S/C22H24N2O3/c1-22(2,3)19(15-8-10-16(11-9-15)20(25)24-27)23-21(26)18-13-12-14-6-4-5-7-17(14)18/h4-11,13,19,27H,12H2,1-3H3,(H,23,26)(H,24,25). The molecule has 0 spiro atoms. The van der Waals surface area contributed by atoms with Crippen LogP contribution in [0.4, 0.5) is 0 Å². The molecule has 0 radical (unpaired) electrons. The molecule has 1 aliphatic carbocycles. The Morgan fingerprint density at radius 1 is 1.00 bits per heavy atom. The normalized spacial score (nSPS) is 14.1. The van der Waals surface area contributed by atoms with Crippen LogP contribution in [0.3, 0.4) is 0 Å². The minimum atomic E-state index is -0.564. The first-order chi connectivity index (χ1) is 12.8. The number of hydrogen-bond acceptors (Lipinski definition) is 3. The van der Waals surface area contributed by atoms with Gasteiger partial charge in [0.1, 0.15) is 0 Å². The average molecular weight is 364 g/mol. The molecule has 1 atom stereocenters. The van der Waals surface area contributed by atoms with Crippen molar-refractivity contribution in [2.75, 3.05) is 0 Å². The maximum Gasteiger partial charge on any atom is 0.274 e. The van der Waals surface area contributed by atoms with E-state index in [0.29, 0.717) is 11.1 Å². The summed E-state index contributed by atoms with van der Waals surface area (Å²) in [6, 6.07) is 14.6. The maximum atomic E-state index is 13.0. The molecule has 27 heavy (non-hydrogen) atoms. The molecule has 0 fully saturated rings. The fraction of sp³-hybridized carbons (Fsp3) is 0.273. The molecule has 5 heteroatoms. The predicted molar refractivity (Wildman–Crippen MR) is 104 cm³/mol. The van der Waals surface area contributed by atoms with Crippen molar-refractivity contribution in [3.8, 4) is 0 Å². The Morgan fingerprint density at radius 2 is 1.67 bits per heavy atom. The molecule has 2 amide bonds. The van der Waals surface area contributed by atoms with E-state index in [9.17, 15) is 9.59 Å². The van der Waals surface area contributed by atoms with Crippen LogP contribution in [-0.4, -0.2) is 17.0 Å². The molecule has 0 heterocycles. The lowest BCUT2D eigenvalue weighted by Crippen LogP contribution is -2.37. The number of allylic oxidation sites excluding steroid dienone is 1. The van der Waals surface area contributed by atoms with Gasteiger partial charge in [-0.3, -0.25) is 14.8 Å². The van der Waals surface area contributed by atoms with E-state index in [1.54, 1.807) is 29.7 Å². The summed E-state index contributed by atoms with van der Waals surface area (Å²) in [5.41, 5.74) is 5.50. The molecule has 0 bridgehead atoms. The summed E-state index contributed by atoms with van der Waals surface area (Å²) in [4.78, 5) is 24.5. The Bertz CT molecular complexity index is 893. The Morgan fingerprint density at radius 3 is 2.30 bits per heavy atom. The summed E-state index contributed by atoms with van der Waals surface area (Å²) in [7, 11) is 0. The zero-order chi connectivity index (χ0) is 19.6. The first-order valence-corrected chi connectivity index (χ1v) is 8.95. The lowest BCUT2D eigenvalue weighted by Gasteiger charge is -2.32. The smallest absolute Gasteiger partial charge is 0.274 e. The highest BCUT2D eigenvalue weighted by molar-refractivity contribution is 6.21. The highest BCUT2D eigenvalue weighted by Gasteiger charge is 2.30. The van der Waals surface area contributed by atoms with Gasteiger partial charge in [0.05, 0.1) is 6.04 Å². The van der Waals surface area contributed by atoms with Gasteiger partial charge in [0.15, 0.2) is 0 Å². The minimum Gasteiger partial charge on any atom is -0.345 e. The lowest BCUT2D eigenvalue weighted by molar-refractivity contribution is -0.117. The number of rotatable bonds is 4. The van der Waals surface area contributed by atoms with Crippen LogP contribution < -0.4 is 10.8 Å². The SMILES string of the molecule is CC(C)(C)C(NC(=O)C1=CCc2ccccc21)c1ccc(C(=O)NO)cc1. The van der Waals surface area contributed by atoms with Crippen molar-refractivity contribution in [3.05, 3.63) is 76.9 Å². The fourth-order valence-electron chi connectivity index (χ4n) is 3.40. The van der Waals surface area contributed by atoms with Crippen LogP contribution in [0.25, 0.3) is 5.57 Å². The van der Waals surface area contributed by atoms with E-state index < -0.39 is 5.91 Å². The molecule has 3 rings (SSSR count). The molecule has 5 nitrogen and oxygen atoms in total. The van der Waals surface area contributed by atoms with Crippen LogP contribution in [0.1, 0.15) is 53.9 Å². The number of hydroxylamine groups is 1. The molecule has 2 aromatic rings. The van der Waals surface area contributed by atoms with Gasteiger partial charge < -0.3 is 5.32 Å². The third-order valence-electron chi connectivity index (χ3n) is 4.83. The van der Waals surface area contributed by atoms with Crippen molar-refractivity contribution in [2.24, 2.45) is 5.41 Å². The molecular weight excluding hydrogens is 340 g/mol. The van der Waals surface area contributed by atoms with E-state index in [0.717, 1.165) is 23.1 Å². The molecule has 2 aromatic carbocycles. The van der Waals surface area contributed by atoms with Crippen molar-refractivity contribution in [1.29, 1.82) is 0 Å². The topological polar surface area (TPSA) is 78.4 Å². The van der Waals surface area contributed by atoms with Crippen LogP contribution in [0, 0.1) is 5.41 Å². The Labute approximate surface area is 159 Å². The van der Waals surface area contributed by atoms with Gasteiger partial charge in [-0.15, -0.1) is 0 Å². The predicted octanol–water partition coefficient (Wildman–Crippen LogP) is 3.65. The first-order valence-electron chi connectivity index (χ1n) is 8.95. The van der Waals surface area contributed by atoms with Gasteiger partial charge in [-0.2, -0.15) is 0 Å². The van der Waals surface area contributed by atoms with Gasteiger partial charge in [0, 0.05) is 11.1 Å². The number of hydrogen-bond donors (Lipinski definition) is 3. The Balaban J connectivity index is 1.85. The third-order valence-corrected chi connectivity index (χ3v) is 4.83. The van der Waals surface area contributed by atoms with E-state index in [4.69, 9.17) is 5.21 Å². The zero-order valence-electron chi connectivity index (χ0n) is 15.7. The van der Waals surface area contributed by atoms with Crippen molar-refractivity contribution in [2.45, 2.75) is 33.2 Å². The summed E-state index contributed by atoms with van der Waals surface area (Å²) in [6.07, 6.45) is 2.73. The van der Waals surface area contributed by atoms with Crippen LogP contribution in [0.2, 0.25) is 0 Å². The second-order valence-corrected chi connectivity index (χ2v) is 7.81. The maximum absolute atomic E-state index is 13.0. The number of carbonyl (C=O) groups excluding carboxylic acids is 2. The summed E-state index contributed by atoms with van der Waals surface area (Å²) in [5.74, 6) is -0.664. The Kier molecular flexibility index (Phi) is 5.15. The van der Waals surface area contributed by atoms with Gasteiger partial charge in [0.2, 0.25) is 0 Å². The molecule has 0 aliphatic heterocycles. The monoisotopic (exact) mass is 364 g/mol. The molecule has 0 saturated heterocycles. The van der Waals surface area contributed by atoms with E-state index in [1.807, 2.05) is 30.3 Å². The lowest BCUT2D eigenvalue weighted by atomic mass is 9.82. The zero-order valence-corrected chi connectivity index (χ0v) is 15.7. The number of nitrogens with one attached hydrogen (secondary N) is 2. The van der Waals surface area contributed by atoms with E-state index in [-0.39, 0.29) is 17.4 Å². The van der Waals surface area contributed by atoms with Gasteiger partial charge in [-0.25, -0.2) is 5.48 Å². The summed E-state index contributed by atoms with van der Waals surface area (Å²) >= 11 is 0. The fourth-order valence-corrected chi connectivity index (χ4v) is 3.40. The molecule has 1 aliphatic rings. The van der Waals surface area contributed by atoms with Crippen molar-refractivity contribution >= 4 is 17.4 Å². The van der Waals surface area contributed by atoms with E-state index in [1.165, 1.54) is 0 Å². The van der Waals surface area contributed by atoms with Gasteiger partial charge >= 0.3 is 0 Å². The van der Waals surface area contributed by atoms with Crippen LogP contribution >= 0.6 is 0 Å². The van der Waals surface area contributed by atoms with E-state index >= 15 is 0 Å². The summed E-state index contributed by atoms with van der Waals surface area (Å²) in [5, 5.41) is 11.9. The highest BCUT2D eigenvalue weighted by Crippen LogP contribution is 2.35. The van der Waals surface area contributed by atoms with Gasteiger partial charge in [-0.05, 0) is 40.7 Å². The van der Waals surface area contributed by atoms with Crippen molar-refractivity contribution < 1.29 is 14.8 Å². The molecular formula is C22H24N2O3. The second-order valence-electron chi connectivity index (χ2n) is 7.81. The largest absolute Gasteiger partial charge is 0.345 e. The van der Waals surface area contributed by atoms with Gasteiger partial charge in [-0.1, -0.05) is 63.2 Å². The van der Waals surface area contributed by atoms with Crippen LogP contribution in [0.15, 0.2) is 54.6 Å². The van der Waals surface area contributed by atoms with Gasteiger partial charge in [0.25, 0.3) is 11.8 Å². The highest BCUT2D eigenvalue weighted by atomic mass is 16.5. The van der Waals surface area contributed by atoms with Crippen LogP contribution in [0.5, 0.6) is 0 Å². The molecule has 0 saturated carbocycles. The second kappa shape index (κ2) is 7.37. The first kappa shape index (κ1) is 18.9. The van der Waals surface area contributed by atoms with E-state index in [2.05, 4.69) is 26.1 Å². The van der Waals surface area contributed by atoms with Crippen LogP contribution in [-0.2, 0) is 11.2 Å². The average Bonchev–Trinajstić information content (AvgIpc) is 3.09. The summed E-state index contributed by atoms with van der Waals surface area (Å²) in [6.45, 7) is 6.18. The minimum absolute atomic E-state index is 0.1000. The third kappa shape index (κ3) is 3.93. The van der Waals surface area contributed by atoms with Crippen molar-refractivity contribution in [1.82, 2.24) is 10.8 Å². The number of carbonyl (C=O) groups is 2.